The van der Waals surface area contributed by atoms with Crippen molar-refractivity contribution in [3.05, 3.63) is 58.5 Å². The van der Waals surface area contributed by atoms with Crippen LogP contribution in [0.15, 0.2) is 47.1 Å². The summed E-state index contributed by atoms with van der Waals surface area (Å²) in [6, 6.07) is 3.86. The zero-order valence-electron chi connectivity index (χ0n) is 13.7. The van der Waals surface area contributed by atoms with Crippen molar-refractivity contribution in [1.82, 2.24) is 20.0 Å². The fraction of sp³-hybridized carbons (Fsp3) is 0.278. The molecule has 0 fully saturated rings. The lowest BCUT2D eigenvalue weighted by atomic mass is 9.99. The van der Waals surface area contributed by atoms with E-state index in [1.165, 1.54) is 0 Å². The molecular formula is C18H18ClN5O. The average Bonchev–Trinajstić information content (AvgIpc) is 3.22. The van der Waals surface area contributed by atoms with Gasteiger partial charge in [-0.25, -0.2) is 4.98 Å². The molecule has 7 heteroatoms. The minimum atomic E-state index is -0.140. The van der Waals surface area contributed by atoms with E-state index in [0.717, 1.165) is 11.3 Å². The lowest BCUT2D eigenvalue weighted by Gasteiger charge is -2.18. The van der Waals surface area contributed by atoms with E-state index in [9.17, 15) is 4.79 Å². The van der Waals surface area contributed by atoms with Crippen molar-refractivity contribution in [2.24, 2.45) is 4.99 Å². The number of pyridine rings is 1. The highest BCUT2D eigenvalue weighted by Gasteiger charge is 2.23. The van der Waals surface area contributed by atoms with Crippen LogP contribution < -0.4 is 10.6 Å². The molecule has 25 heavy (non-hydrogen) atoms. The number of imidazole rings is 1. The van der Waals surface area contributed by atoms with Gasteiger partial charge in [0, 0.05) is 23.8 Å². The van der Waals surface area contributed by atoms with Gasteiger partial charge in [-0.3, -0.25) is 14.2 Å². The normalized spacial score (nSPS) is 21.1. The summed E-state index contributed by atoms with van der Waals surface area (Å²) in [7, 11) is 0. The molecule has 0 saturated carbocycles. The first-order valence-corrected chi connectivity index (χ1v) is 8.65. The SMILES string of the molecule is CCc1nc2cc(Cl)ccn2c1C(=O)NCC1=CC2NC=NC2C=C1. The van der Waals surface area contributed by atoms with Crippen molar-refractivity contribution < 1.29 is 4.79 Å². The molecule has 2 atom stereocenters. The van der Waals surface area contributed by atoms with Gasteiger partial charge in [-0.15, -0.1) is 0 Å². The second kappa shape index (κ2) is 6.37. The maximum atomic E-state index is 12.8. The molecule has 0 radical (unpaired) electrons. The van der Waals surface area contributed by atoms with Crippen LogP contribution in [0, 0.1) is 0 Å². The summed E-state index contributed by atoms with van der Waals surface area (Å²) >= 11 is 6.02. The molecule has 1 aliphatic heterocycles. The van der Waals surface area contributed by atoms with E-state index >= 15 is 0 Å². The number of carbonyl (C=O) groups is 1. The van der Waals surface area contributed by atoms with Gasteiger partial charge in [0.25, 0.3) is 5.91 Å². The lowest BCUT2D eigenvalue weighted by molar-refractivity contribution is 0.0950. The molecule has 2 unspecified atom stereocenters. The molecule has 0 saturated heterocycles. The van der Waals surface area contributed by atoms with Crippen LogP contribution >= 0.6 is 11.6 Å². The Labute approximate surface area is 150 Å². The van der Waals surface area contributed by atoms with Gasteiger partial charge in [0.05, 0.1) is 24.1 Å². The first kappa shape index (κ1) is 15.9. The largest absolute Gasteiger partial charge is 0.368 e. The third kappa shape index (κ3) is 2.93. The fourth-order valence-electron chi connectivity index (χ4n) is 3.17. The van der Waals surface area contributed by atoms with Crippen LogP contribution in [0.5, 0.6) is 0 Å². The monoisotopic (exact) mass is 355 g/mol. The maximum Gasteiger partial charge on any atom is 0.270 e. The van der Waals surface area contributed by atoms with Gasteiger partial charge in [0.1, 0.15) is 11.3 Å². The molecule has 2 aliphatic rings. The van der Waals surface area contributed by atoms with E-state index < -0.39 is 0 Å². The molecule has 3 heterocycles. The molecule has 4 rings (SSSR count). The Morgan fingerprint density at radius 3 is 3.20 bits per heavy atom. The van der Waals surface area contributed by atoms with Gasteiger partial charge >= 0.3 is 0 Å². The van der Waals surface area contributed by atoms with E-state index in [0.29, 0.717) is 29.3 Å². The summed E-state index contributed by atoms with van der Waals surface area (Å²) in [5, 5.41) is 6.79. The summed E-state index contributed by atoms with van der Waals surface area (Å²) in [4.78, 5) is 21.6. The highest BCUT2D eigenvalue weighted by atomic mass is 35.5. The van der Waals surface area contributed by atoms with Crippen LogP contribution in [0.4, 0.5) is 0 Å². The summed E-state index contributed by atoms with van der Waals surface area (Å²) in [6.45, 7) is 2.45. The van der Waals surface area contributed by atoms with Gasteiger partial charge in [-0.2, -0.15) is 0 Å². The standard InChI is InChI=1S/C18H18ClN5O/c1-2-13-17(24-6-5-12(19)8-16(24)23-13)18(25)20-9-11-3-4-14-15(7-11)22-10-21-14/h3-8,10,14-15H,2,9H2,1H3,(H,20,25)(H,21,22). The van der Waals surface area contributed by atoms with Gasteiger partial charge in [0.15, 0.2) is 0 Å². The molecule has 128 valence electrons. The minimum Gasteiger partial charge on any atom is -0.368 e. The number of hydrogen-bond donors (Lipinski definition) is 2. The van der Waals surface area contributed by atoms with Crippen molar-refractivity contribution in [2.45, 2.75) is 25.4 Å². The number of aromatic nitrogens is 2. The number of fused-ring (bicyclic) bond motifs is 2. The lowest BCUT2D eigenvalue weighted by Crippen LogP contribution is -2.33. The third-order valence-corrected chi connectivity index (χ3v) is 4.68. The Balaban J connectivity index is 1.53. The van der Waals surface area contributed by atoms with E-state index in [1.54, 1.807) is 29.1 Å². The maximum absolute atomic E-state index is 12.8. The number of aryl methyl sites for hydroxylation is 1. The summed E-state index contributed by atoms with van der Waals surface area (Å²) in [5.74, 6) is -0.140. The molecule has 0 spiro atoms. The van der Waals surface area contributed by atoms with Gasteiger partial charge in [-0.1, -0.05) is 36.8 Å². The molecule has 6 nitrogen and oxygen atoms in total. The first-order valence-electron chi connectivity index (χ1n) is 8.27. The van der Waals surface area contributed by atoms with Crippen molar-refractivity contribution in [3.8, 4) is 0 Å². The van der Waals surface area contributed by atoms with Crippen LogP contribution in [0.2, 0.25) is 5.02 Å². The van der Waals surface area contributed by atoms with Crippen molar-refractivity contribution >= 4 is 29.5 Å². The predicted molar refractivity (Wildman–Crippen MR) is 98.3 cm³/mol. The minimum absolute atomic E-state index is 0.140. The Hall–Kier alpha value is -2.60. The predicted octanol–water partition coefficient (Wildman–Crippen LogP) is 2.14. The Kier molecular flexibility index (Phi) is 4.05. The highest BCUT2D eigenvalue weighted by Crippen LogP contribution is 2.19. The number of rotatable bonds is 4. The summed E-state index contributed by atoms with van der Waals surface area (Å²) in [5.41, 5.74) is 3.07. The van der Waals surface area contributed by atoms with E-state index in [4.69, 9.17) is 11.6 Å². The van der Waals surface area contributed by atoms with Crippen LogP contribution in [-0.2, 0) is 6.42 Å². The zero-order valence-corrected chi connectivity index (χ0v) is 14.5. The zero-order chi connectivity index (χ0) is 17.4. The van der Waals surface area contributed by atoms with Gasteiger partial charge in [0.2, 0.25) is 0 Å². The summed E-state index contributed by atoms with van der Waals surface area (Å²) < 4.78 is 1.79. The number of halogens is 1. The second-order valence-electron chi connectivity index (χ2n) is 6.08. The van der Waals surface area contributed by atoms with Crippen LogP contribution in [-0.4, -0.2) is 40.3 Å². The molecular weight excluding hydrogens is 338 g/mol. The average molecular weight is 356 g/mol. The highest BCUT2D eigenvalue weighted by molar-refractivity contribution is 6.30. The van der Waals surface area contributed by atoms with E-state index in [2.05, 4.69) is 32.8 Å². The summed E-state index contributed by atoms with van der Waals surface area (Å²) in [6.07, 6.45) is 10.4. The number of nitrogens with zero attached hydrogens (tertiary/aromatic N) is 3. The van der Waals surface area contributed by atoms with Gasteiger partial charge < -0.3 is 10.6 Å². The third-order valence-electron chi connectivity index (χ3n) is 4.45. The number of carbonyl (C=O) groups excluding carboxylic acids is 1. The van der Waals surface area contributed by atoms with Crippen molar-refractivity contribution in [2.75, 3.05) is 6.54 Å². The van der Waals surface area contributed by atoms with Gasteiger partial charge in [-0.05, 0) is 18.1 Å². The number of amides is 1. The van der Waals surface area contributed by atoms with Crippen LogP contribution in [0.25, 0.3) is 5.65 Å². The number of aliphatic imine (C=N–C) groups is 1. The Morgan fingerprint density at radius 2 is 2.36 bits per heavy atom. The Morgan fingerprint density at radius 1 is 1.48 bits per heavy atom. The van der Waals surface area contributed by atoms with Crippen molar-refractivity contribution in [1.29, 1.82) is 0 Å². The first-order chi connectivity index (χ1) is 12.2. The molecule has 2 aromatic heterocycles. The molecule has 2 aromatic rings. The van der Waals surface area contributed by atoms with E-state index in [1.807, 2.05) is 13.0 Å². The second-order valence-corrected chi connectivity index (χ2v) is 6.51. The molecule has 1 aliphatic carbocycles. The fourth-order valence-corrected chi connectivity index (χ4v) is 3.32. The quantitative estimate of drug-likeness (QED) is 0.882. The molecule has 2 N–H and O–H groups in total. The molecule has 0 bridgehead atoms. The molecule has 0 aromatic carbocycles. The Bertz CT molecular complexity index is 927. The topological polar surface area (TPSA) is 70.8 Å². The van der Waals surface area contributed by atoms with Crippen LogP contribution in [0.1, 0.15) is 23.1 Å². The van der Waals surface area contributed by atoms with E-state index in [-0.39, 0.29) is 18.0 Å². The molecule has 1 amide bonds. The van der Waals surface area contributed by atoms with Crippen LogP contribution in [0.3, 0.4) is 0 Å². The smallest absolute Gasteiger partial charge is 0.270 e. The number of nitrogens with one attached hydrogen (secondary N) is 2. The van der Waals surface area contributed by atoms with Crippen molar-refractivity contribution in [3.63, 3.8) is 0 Å². The number of hydrogen-bond acceptors (Lipinski definition) is 4.